The van der Waals surface area contributed by atoms with Gasteiger partial charge in [-0.3, -0.25) is 4.79 Å². The van der Waals surface area contributed by atoms with Crippen LogP contribution in [0.15, 0.2) is 51.4 Å². The first-order valence-electron chi connectivity index (χ1n) is 5.96. The van der Waals surface area contributed by atoms with Gasteiger partial charge in [0.2, 0.25) is 0 Å². The maximum Gasteiger partial charge on any atom is 0.339 e. The largest absolute Gasteiger partial charge is 0.465 e. The molecule has 4 nitrogen and oxygen atoms in total. The van der Waals surface area contributed by atoms with E-state index < -0.39 is 5.97 Å². The number of esters is 1. The van der Waals surface area contributed by atoms with Crippen LogP contribution in [0.5, 0.6) is 0 Å². The molecule has 0 spiro atoms. The van der Waals surface area contributed by atoms with Gasteiger partial charge in [-0.1, -0.05) is 44.0 Å². The Kier molecular flexibility index (Phi) is 5.14. The number of amides is 1. The first-order chi connectivity index (χ1) is 10.0. The first kappa shape index (κ1) is 15.7. The number of anilines is 1. The van der Waals surface area contributed by atoms with Crippen LogP contribution in [0.1, 0.15) is 20.7 Å². The van der Waals surface area contributed by atoms with Crippen molar-refractivity contribution in [3.05, 3.63) is 62.5 Å². The zero-order valence-corrected chi connectivity index (χ0v) is 14.2. The highest BCUT2D eigenvalue weighted by atomic mass is 79.9. The quantitative estimate of drug-likeness (QED) is 0.766. The van der Waals surface area contributed by atoms with Crippen molar-refractivity contribution >= 4 is 49.4 Å². The van der Waals surface area contributed by atoms with E-state index in [0.29, 0.717) is 16.8 Å². The van der Waals surface area contributed by atoms with Gasteiger partial charge in [0, 0.05) is 14.5 Å². The summed E-state index contributed by atoms with van der Waals surface area (Å²) in [6.07, 6.45) is 0. The van der Waals surface area contributed by atoms with E-state index in [4.69, 9.17) is 4.74 Å². The lowest BCUT2D eigenvalue weighted by molar-refractivity contribution is 0.0602. The molecule has 2 aromatic carbocycles. The molecule has 21 heavy (non-hydrogen) atoms. The van der Waals surface area contributed by atoms with Crippen molar-refractivity contribution < 1.29 is 14.3 Å². The lowest BCUT2D eigenvalue weighted by Crippen LogP contribution is -2.15. The van der Waals surface area contributed by atoms with Gasteiger partial charge < -0.3 is 10.1 Å². The highest BCUT2D eigenvalue weighted by Gasteiger charge is 2.14. The third-order valence-corrected chi connectivity index (χ3v) is 3.62. The number of methoxy groups -OCH3 is 1. The molecule has 1 N–H and O–H groups in total. The van der Waals surface area contributed by atoms with E-state index in [0.717, 1.165) is 8.95 Å². The van der Waals surface area contributed by atoms with E-state index in [1.54, 1.807) is 36.4 Å². The minimum absolute atomic E-state index is 0.308. The number of para-hydroxylation sites is 1. The molecule has 0 aliphatic carbocycles. The second kappa shape index (κ2) is 6.87. The normalized spacial score (nSPS) is 10.0. The maximum atomic E-state index is 12.3. The maximum absolute atomic E-state index is 12.3. The second-order valence-corrected chi connectivity index (χ2v) is 5.98. The topological polar surface area (TPSA) is 55.4 Å². The minimum Gasteiger partial charge on any atom is -0.465 e. The molecular formula is C15H11Br2NO3. The molecule has 0 saturated carbocycles. The summed E-state index contributed by atoms with van der Waals surface area (Å²) >= 11 is 6.66. The molecule has 0 aliphatic rings. The van der Waals surface area contributed by atoms with Crippen LogP contribution in [0.3, 0.4) is 0 Å². The Hall–Kier alpha value is -1.66. The van der Waals surface area contributed by atoms with Crippen molar-refractivity contribution in [1.82, 2.24) is 0 Å². The lowest BCUT2D eigenvalue weighted by atomic mass is 10.1. The Morgan fingerprint density at radius 1 is 1.05 bits per heavy atom. The van der Waals surface area contributed by atoms with Gasteiger partial charge >= 0.3 is 5.97 Å². The fraction of sp³-hybridized carbons (Fsp3) is 0.0667. The number of hydrogen-bond acceptors (Lipinski definition) is 3. The van der Waals surface area contributed by atoms with Crippen LogP contribution in [0.4, 0.5) is 5.69 Å². The number of ether oxygens (including phenoxy) is 1. The molecule has 0 aliphatic heterocycles. The van der Waals surface area contributed by atoms with Crippen molar-refractivity contribution in [3.63, 3.8) is 0 Å². The average Bonchev–Trinajstić information content (AvgIpc) is 2.46. The molecule has 0 radical (unpaired) electrons. The number of carbonyl (C=O) groups is 2. The van der Waals surface area contributed by atoms with Gasteiger partial charge in [0.1, 0.15) is 0 Å². The molecule has 0 heterocycles. The van der Waals surface area contributed by atoms with E-state index in [-0.39, 0.29) is 5.91 Å². The van der Waals surface area contributed by atoms with E-state index in [9.17, 15) is 9.59 Å². The summed E-state index contributed by atoms with van der Waals surface area (Å²) in [5, 5.41) is 2.72. The zero-order chi connectivity index (χ0) is 15.4. The molecule has 6 heteroatoms. The Balaban J connectivity index is 2.30. The summed E-state index contributed by atoms with van der Waals surface area (Å²) in [5.74, 6) is -0.810. The number of hydrogen-bond donors (Lipinski definition) is 1. The molecule has 0 unspecified atom stereocenters. The van der Waals surface area contributed by atoms with Crippen LogP contribution < -0.4 is 5.32 Å². The predicted octanol–water partition coefficient (Wildman–Crippen LogP) is 4.25. The van der Waals surface area contributed by atoms with Gasteiger partial charge in [0.15, 0.2) is 0 Å². The molecule has 0 bridgehead atoms. The number of carbonyl (C=O) groups excluding carboxylic acids is 2. The van der Waals surface area contributed by atoms with Crippen molar-refractivity contribution in [1.29, 1.82) is 0 Å². The molecule has 108 valence electrons. The highest BCUT2D eigenvalue weighted by molar-refractivity contribution is 9.11. The van der Waals surface area contributed by atoms with E-state index >= 15 is 0 Å². The van der Waals surface area contributed by atoms with Crippen LogP contribution in [0.2, 0.25) is 0 Å². The molecule has 0 aromatic heterocycles. The lowest BCUT2D eigenvalue weighted by Gasteiger charge is -2.10. The van der Waals surface area contributed by atoms with Gasteiger partial charge in [0.05, 0.1) is 18.4 Å². The molecule has 0 fully saturated rings. The summed E-state index contributed by atoms with van der Waals surface area (Å²) in [6, 6.07) is 11.9. The molecule has 1 amide bonds. The van der Waals surface area contributed by atoms with Gasteiger partial charge in [-0.05, 0) is 30.3 Å². The molecule has 2 aromatic rings. The summed E-state index contributed by atoms with van der Waals surface area (Å²) in [6.45, 7) is 0. The van der Waals surface area contributed by atoms with Crippen LogP contribution >= 0.6 is 31.9 Å². The number of halogens is 2. The minimum atomic E-state index is -0.499. The third-order valence-electron chi connectivity index (χ3n) is 2.71. The van der Waals surface area contributed by atoms with Crippen LogP contribution in [0.25, 0.3) is 0 Å². The Morgan fingerprint density at radius 2 is 1.67 bits per heavy atom. The number of benzene rings is 2. The predicted molar refractivity (Wildman–Crippen MR) is 87.6 cm³/mol. The summed E-state index contributed by atoms with van der Waals surface area (Å²) < 4.78 is 6.26. The van der Waals surface area contributed by atoms with E-state index in [2.05, 4.69) is 37.2 Å². The Morgan fingerprint density at radius 3 is 2.29 bits per heavy atom. The first-order valence-corrected chi connectivity index (χ1v) is 7.54. The zero-order valence-electron chi connectivity index (χ0n) is 11.0. The van der Waals surface area contributed by atoms with Gasteiger partial charge in [-0.15, -0.1) is 0 Å². The summed E-state index contributed by atoms with van der Waals surface area (Å²) in [5.41, 5.74) is 1.18. The number of rotatable bonds is 3. The standard InChI is InChI=1S/C15H11Br2NO3/c1-21-15(20)12-4-2-3-5-13(12)18-14(19)9-6-10(16)8-11(17)7-9/h2-8H,1H3,(H,18,19). The molecular weight excluding hydrogens is 402 g/mol. The van der Waals surface area contributed by atoms with Gasteiger partial charge in [-0.2, -0.15) is 0 Å². The smallest absolute Gasteiger partial charge is 0.339 e. The van der Waals surface area contributed by atoms with Crippen molar-refractivity contribution in [2.24, 2.45) is 0 Å². The van der Waals surface area contributed by atoms with Gasteiger partial charge in [0.25, 0.3) is 5.91 Å². The molecule has 2 rings (SSSR count). The highest BCUT2D eigenvalue weighted by Crippen LogP contribution is 2.22. The van der Waals surface area contributed by atoms with E-state index in [1.165, 1.54) is 7.11 Å². The number of nitrogens with one attached hydrogen (secondary N) is 1. The SMILES string of the molecule is COC(=O)c1ccccc1NC(=O)c1cc(Br)cc(Br)c1. The van der Waals surface area contributed by atoms with E-state index in [1.807, 2.05) is 6.07 Å². The monoisotopic (exact) mass is 411 g/mol. The Bertz CT molecular complexity index is 681. The van der Waals surface area contributed by atoms with Crippen molar-refractivity contribution in [2.45, 2.75) is 0 Å². The second-order valence-electron chi connectivity index (χ2n) is 4.15. The fourth-order valence-corrected chi connectivity index (χ4v) is 3.05. The van der Waals surface area contributed by atoms with Crippen LogP contribution in [-0.4, -0.2) is 19.0 Å². The molecule has 0 saturated heterocycles. The van der Waals surface area contributed by atoms with Crippen molar-refractivity contribution in [2.75, 3.05) is 12.4 Å². The van der Waals surface area contributed by atoms with Crippen molar-refractivity contribution in [3.8, 4) is 0 Å². The van der Waals surface area contributed by atoms with Gasteiger partial charge in [-0.25, -0.2) is 4.79 Å². The van der Waals surface area contributed by atoms with Crippen LogP contribution in [-0.2, 0) is 4.74 Å². The molecule has 0 atom stereocenters. The van der Waals surface area contributed by atoms with Crippen LogP contribution in [0, 0.1) is 0 Å². The average molecular weight is 413 g/mol. The third kappa shape index (κ3) is 3.92. The summed E-state index contributed by atoms with van der Waals surface area (Å²) in [4.78, 5) is 23.9. The Labute approximate surface area is 138 Å². The fourth-order valence-electron chi connectivity index (χ4n) is 1.76. The summed E-state index contributed by atoms with van der Waals surface area (Å²) in [7, 11) is 1.30.